The van der Waals surface area contributed by atoms with Crippen LogP contribution < -0.4 is 0 Å². The van der Waals surface area contributed by atoms with Gasteiger partial charge in [0.15, 0.2) is 0 Å². The minimum Gasteiger partial charge on any atom is -0.302 e. The summed E-state index contributed by atoms with van der Waals surface area (Å²) in [6.45, 7) is 5.23. The van der Waals surface area contributed by atoms with Gasteiger partial charge in [-0.1, -0.05) is 0 Å². The highest BCUT2D eigenvalue weighted by molar-refractivity contribution is 5.85. The summed E-state index contributed by atoms with van der Waals surface area (Å²) in [7, 11) is 0. The van der Waals surface area contributed by atoms with Gasteiger partial charge in [-0.25, -0.2) is 0 Å². The van der Waals surface area contributed by atoms with Gasteiger partial charge in [0.25, 0.3) is 0 Å². The molecule has 1 aliphatic heterocycles. The first-order chi connectivity index (χ1) is 5.73. The van der Waals surface area contributed by atoms with Gasteiger partial charge in [0.1, 0.15) is 5.78 Å². The second kappa shape index (κ2) is 2.84. The molecule has 0 unspecified atom stereocenters. The predicted octanol–water partition coefficient (Wildman–Crippen LogP) is 1.45. The Morgan fingerprint density at radius 3 is 2.33 bits per heavy atom. The number of carbonyl (C=O) groups excluding carboxylic acids is 1. The van der Waals surface area contributed by atoms with Crippen molar-refractivity contribution in [1.29, 1.82) is 0 Å². The summed E-state index contributed by atoms with van der Waals surface area (Å²) in [5.41, 5.74) is 0.102. The summed E-state index contributed by atoms with van der Waals surface area (Å²) >= 11 is 0. The standard InChI is InChI=1S/C10H17NO/c1-9(12)10(4-5-10)8-11-6-2-3-7-11/h2-8H2,1H3. The van der Waals surface area contributed by atoms with E-state index < -0.39 is 0 Å². The van der Waals surface area contributed by atoms with Crippen molar-refractivity contribution in [3.05, 3.63) is 0 Å². The minimum absolute atomic E-state index is 0.102. The average molecular weight is 167 g/mol. The zero-order chi connectivity index (χ0) is 8.60. The number of ketones is 1. The number of Topliss-reactive ketones (excluding diaryl/α,β-unsaturated/α-hetero) is 1. The molecule has 12 heavy (non-hydrogen) atoms. The zero-order valence-corrected chi connectivity index (χ0v) is 7.81. The molecule has 0 N–H and O–H groups in total. The highest BCUT2D eigenvalue weighted by Gasteiger charge is 2.48. The molecular formula is C10H17NO. The maximum Gasteiger partial charge on any atom is 0.137 e. The number of nitrogens with zero attached hydrogens (tertiary/aromatic N) is 1. The fourth-order valence-electron chi connectivity index (χ4n) is 2.14. The molecule has 68 valence electrons. The molecule has 2 aliphatic rings. The highest BCUT2D eigenvalue weighted by atomic mass is 16.1. The maximum absolute atomic E-state index is 11.3. The van der Waals surface area contributed by atoms with E-state index in [1.165, 1.54) is 25.9 Å². The molecule has 2 rings (SSSR count). The van der Waals surface area contributed by atoms with E-state index in [2.05, 4.69) is 4.90 Å². The molecule has 2 nitrogen and oxygen atoms in total. The maximum atomic E-state index is 11.3. The van der Waals surface area contributed by atoms with Gasteiger partial charge >= 0.3 is 0 Å². The average Bonchev–Trinajstić information content (AvgIpc) is 2.60. The van der Waals surface area contributed by atoms with Crippen molar-refractivity contribution in [2.45, 2.75) is 32.6 Å². The van der Waals surface area contributed by atoms with E-state index in [1.807, 2.05) is 0 Å². The lowest BCUT2D eigenvalue weighted by atomic mass is 10.0. The molecule has 0 atom stereocenters. The summed E-state index contributed by atoms with van der Waals surface area (Å²) < 4.78 is 0. The molecule has 1 heterocycles. The molecule has 2 fully saturated rings. The van der Waals surface area contributed by atoms with Gasteiger partial charge < -0.3 is 4.90 Å². The van der Waals surface area contributed by atoms with Gasteiger partial charge in [-0.2, -0.15) is 0 Å². The van der Waals surface area contributed by atoms with Crippen LogP contribution in [-0.4, -0.2) is 30.3 Å². The molecule has 1 saturated heterocycles. The van der Waals surface area contributed by atoms with Crippen LogP contribution in [0, 0.1) is 5.41 Å². The lowest BCUT2D eigenvalue weighted by Gasteiger charge is -2.20. The summed E-state index contributed by atoms with van der Waals surface area (Å²) in [6, 6.07) is 0. The number of rotatable bonds is 3. The van der Waals surface area contributed by atoms with Gasteiger partial charge in [0.2, 0.25) is 0 Å². The van der Waals surface area contributed by atoms with Gasteiger partial charge in [-0.3, -0.25) is 4.79 Å². The van der Waals surface area contributed by atoms with Crippen molar-refractivity contribution >= 4 is 5.78 Å². The van der Waals surface area contributed by atoms with Gasteiger partial charge in [0, 0.05) is 12.0 Å². The Balaban J connectivity index is 1.89. The molecule has 0 amide bonds. The van der Waals surface area contributed by atoms with Crippen LogP contribution in [0.1, 0.15) is 32.6 Å². The van der Waals surface area contributed by atoms with E-state index in [4.69, 9.17) is 0 Å². The third kappa shape index (κ3) is 1.40. The van der Waals surface area contributed by atoms with Crippen LogP contribution in [0.4, 0.5) is 0 Å². The molecule has 2 heteroatoms. The topological polar surface area (TPSA) is 20.3 Å². The Morgan fingerprint density at radius 2 is 1.92 bits per heavy atom. The van der Waals surface area contributed by atoms with Crippen LogP contribution in [-0.2, 0) is 4.79 Å². The van der Waals surface area contributed by atoms with Gasteiger partial charge in [0.05, 0.1) is 0 Å². The lowest BCUT2D eigenvalue weighted by Crippen LogP contribution is -2.31. The fourth-order valence-corrected chi connectivity index (χ4v) is 2.14. The van der Waals surface area contributed by atoms with Crippen molar-refractivity contribution < 1.29 is 4.79 Å². The first-order valence-electron chi connectivity index (χ1n) is 4.96. The molecule has 0 bridgehead atoms. The van der Waals surface area contributed by atoms with Crippen LogP contribution in [0.25, 0.3) is 0 Å². The van der Waals surface area contributed by atoms with Gasteiger partial charge in [-0.05, 0) is 45.7 Å². The summed E-state index contributed by atoms with van der Waals surface area (Å²) in [6.07, 6.45) is 4.93. The number of hydrogen-bond acceptors (Lipinski definition) is 2. The molecule has 1 saturated carbocycles. The Labute approximate surface area is 73.9 Å². The van der Waals surface area contributed by atoms with Crippen LogP contribution in [0.15, 0.2) is 0 Å². The van der Waals surface area contributed by atoms with E-state index in [9.17, 15) is 4.79 Å². The molecule has 0 aromatic heterocycles. The summed E-state index contributed by atoms with van der Waals surface area (Å²) in [4.78, 5) is 13.7. The second-order valence-electron chi connectivity index (χ2n) is 4.32. The Kier molecular flexibility index (Phi) is 1.95. The fraction of sp³-hybridized carbons (Fsp3) is 0.900. The summed E-state index contributed by atoms with van der Waals surface area (Å²) in [5, 5.41) is 0. The van der Waals surface area contributed by atoms with Crippen LogP contribution in [0.3, 0.4) is 0 Å². The van der Waals surface area contributed by atoms with Crippen molar-refractivity contribution in [1.82, 2.24) is 4.90 Å². The highest BCUT2D eigenvalue weighted by Crippen LogP contribution is 2.47. The number of likely N-dealkylation sites (tertiary alicyclic amines) is 1. The van der Waals surface area contributed by atoms with Crippen LogP contribution in [0.2, 0.25) is 0 Å². The lowest BCUT2D eigenvalue weighted by molar-refractivity contribution is -0.122. The van der Waals surface area contributed by atoms with Crippen molar-refractivity contribution in [3.8, 4) is 0 Å². The van der Waals surface area contributed by atoms with Gasteiger partial charge in [-0.15, -0.1) is 0 Å². The summed E-state index contributed by atoms with van der Waals surface area (Å²) in [5.74, 6) is 0.411. The van der Waals surface area contributed by atoms with Crippen molar-refractivity contribution in [2.75, 3.05) is 19.6 Å². The van der Waals surface area contributed by atoms with E-state index in [0.29, 0.717) is 5.78 Å². The van der Waals surface area contributed by atoms with Crippen LogP contribution in [0.5, 0.6) is 0 Å². The Morgan fingerprint density at radius 1 is 1.33 bits per heavy atom. The third-order valence-electron chi connectivity index (χ3n) is 3.33. The normalized spacial score (nSPS) is 27.4. The zero-order valence-electron chi connectivity index (χ0n) is 7.81. The molecular weight excluding hydrogens is 150 g/mol. The molecule has 0 radical (unpaired) electrons. The molecule has 0 spiro atoms. The van der Waals surface area contributed by atoms with Crippen LogP contribution >= 0.6 is 0 Å². The predicted molar refractivity (Wildman–Crippen MR) is 48.0 cm³/mol. The second-order valence-corrected chi connectivity index (χ2v) is 4.32. The monoisotopic (exact) mass is 167 g/mol. The Hall–Kier alpha value is -0.370. The van der Waals surface area contributed by atoms with E-state index in [0.717, 1.165) is 19.4 Å². The number of carbonyl (C=O) groups is 1. The number of hydrogen-bond donors (Lipinski definition) is 0. The molecule has 0 aromatic rings. The van der Waals surface area contributed by atoms with Crippen molar-refractivity contribution in [2.24, 2.45) is 5.41 Å². The largest absolute Gasteiger partial charge is 0.302 e. The smallest absolute Gasteiger partial charge is 0.137 e. The van der Waals surface area contributed by atoms with E-state index in [-0.39, 0.29) is 5.41 Å². The quantitative estimate of drug-likeness (QED) is 0.634. The van der Waals surface area contributed by atoms with E-state index in [1.54, 1.807) is 6.92 Å². The first-order valence-corrected chi connectivity index (χ1v) is 4.96. The molecule has 1 aliphatic carbocycles. The van der Waals surface area contributed by atoms with Crippen molar-refractivity contribution in [3.63, 3.8) is 0 Å². The molecule has 0 aromatic carbocycles. The Bertz CT molecular complexity index is 190. The SMILES string of the molecule is CC(=O)C1(CN2CCCC2)CC1. The third-order valence-corrected chi connectivity index (χ3v) is 3.33. The van der Waals surface area contributed by atoms with E-state index >= 15 is 0 Å². The first kappa shape index (κ1) is 8.24. The minimum atomic E-state index is 0.102.